The van der Waals surface area contributed by atoms with Gasteiger partial charge in [-0.15, -0.1) is 0 Å². The summed E-state index contributed by atoms with van der Waals surface area (Å²) in [6, 6.07) is -0.576. The second kappa shape index (κ2) is 20.6. The SMILES string of the molecule is CCCCCCCCCCCCCCCCCC(=O)N[C@@H](CCCN)C(N)=O. The number of carbonyl (C=O) groups is 2. The molecule has 0 rings (SSSR count). The molecule has 0 bridgehead atoms. The third-order valence-corrected chi connectivity index (χ3v) is 5.38. The maximum Gasteiger partial charge on any atom is 0.240 e. The zero-order chi connectivity index (χ0) is 20.9. The van der Waals surface area contributed by atoms with Crippen LogP contribution >= 0.6 is 0 Å². The van der Waals surface area contributed by atoms with Crippen LogP contribution < -0.4 is 16.8 Å². The highest BCUT2D eigenvalue weighted by Gasteiger charge is 2.16. The van der Waals surface area contributed by atoms with Crippen molar-refractivity contribution in [3.8, 4) is 0 Å². The van der Waals surface area contributed by atoms with Crippen LogP contribution in [0.5, 0.6) is 0 Å². The molecule has 0 saturated carbocycles. The Hall–Kier alpha value is -1.10. The number of nitrogens with one attached hydrogen (secondary N) is 1. The van der Waals surface area contributed by atoms with Crippen LogP contribution in [0.2, 0.25) is 0 Å². The summed E-state index contributed by atoms with van der Waals surface area (Å²) in [5.74, 6) is -0.547. The van der Waals surface area contributed by atoms with E-state index < -0.39 is 11.9 Å². The molecule has 0 radical (unpaired) electrons. The first-order chi connectivity index (χ1) is 13.6. The van der Waals surface area contributed by atoms with Gasteiger partial charge in [-0.2, -0.15) is 0 Å². The van der Waals surface area contributed by atoms with E-state index in [1.807, 2.05) is 0 Å². The summed E-state index contributed by atoms with van der Waals surface area (Å²) < 4.78 is 0. The highest BCUT2D eigenvalue weighted by Crippen LogP contribution is 2.13. The standard InChI is InChI=1S/C23H47N3O2/c1-2-3-4-5-6-7-8-9-10-11-12-13-14-15-16-19-22(27)26-21(23(25)28)18-17-20-24/h21H,2-20,24H2,1H3,(H2,25,28)(H,26,27)/t21-/m0/s1. The molecule has 5 nitrogen and oxygen atoms in total. The van der Waals surface area contributed by atoms with E-state index in [1.54, 1.807) is 0 Å². The largest absolute Gasteiger partial charge is 0.368 e. The molecule has 0 fully saturated rings. The summed E-state index contributed by atoms with van der Waals surface area (Å²) in [6.45, 7) is 2.77. The minimum Gasteiger partial charge on any atom is -0.368 e. The number of hydrogen-bond acceptors (Lipinski definition) is 3. The van der Waals surface area contributed by atoms with Gasteiger partial charge in [0.05, 0.1) is 0 Å². The maximum atomic E-state index is 11.9. The molecule has 0 unspecified atom stereocenters. The molecular weight excluding hydrogens is 350 g/mol. The Morgan fingerprint density at radius 3 is 1.54 bits per heavy atom. The quantitative estimate of drug-likeness (QED) is 0.239. The number of hydrogen-bond donors (Lipinski definition) is 3. The minimum atomic E-state index is -0.576. The number of amides is 2. The van der Waals surface area contributed by atoms with Crippen molar-refractivity contribution in [3.63, 3.8) is 0 Å². The number of nitrogens with two attached hydrogens (primary N) is 2. The molecule has 1 atom stereocenters. The first-order valence-electron chi connectivity index (χ1n) is 11.9. The highest BCUT2D eigenvalue weighted by atomic mass is 16.2. The van der Waals surface area contributed by atoms with Crippen molar-refractivity contribution in [2.75, 3.05) is 6.54 Å². The van der Waals surface area contributed by atoms with E-state index in [9.17, 15) is 9.59 Å². The summed E-state index contributed by atoms with van der Waals surface area (Å²) in [6.07, 6.45) is 21.3. The molecule has 2 amide bonds. The third kappa shape index (κ3) is 18.3. The normalized spacial score (nSPS) is 12.1. The van der Waals surface area contributed by atoms with Crippen LogP contribution in [0.1, 0.15) is 122 Å². The molecule has 0 spiro atoms. The maximum absolute atomic E-state index is 11.9. The zero-order valence-corrected chi connectivity index (χ0v) is 18.5. The predicted octanol–water partition coefficient (Wildman–Crippen LogP) is 4.96. The molecule has 0 saturated heterocycles. The first-order valence-corrected chi connectivity index (χ1v) is 11.9. The van der Waals surface area contributed by atoms with Gasteiger partial charge in [0.15, 0.2) is 0 Å². The van der Waals surface area contributed by atoms with Crippen LogP contribution in [-0.4, -0.2) is 24.4 Å². The van der Waals surface area contributed by atoms with E-state index >= 15 is 0 Å². The number of rotatable bonds is 21. The van der Waals surface area contributed by atoms with Crippen molar-refractivity contribution in [1.82, 2.24) is 5.32 Å². The smallest absolute Gasteiger partial charge is 0.240 e. The summed E-state index contributed by atoms with van der Waals surface area (Å²) in [7, 11) is 0. The Kier molecular flexibility index (Phi) is 19.8. The third-order valence-electron chi connectivity index (χ3n) is 5.38. The van der Waals surface area contributed by atoms with Crippen molar-refractivity contribution in [1.29, 1.82) is 0 Å². The van der Waals surface area contributed by atoms with E-state index in [4.69, 9.17) is 11.5 Å². The molecule has 0 aliphatic carbocycles. The van der Waals surface area contributed by atoms with Gasteiger partial charge in [-0.3, -0.25) is 9.59 Å². The average molecular weight is 398 g/mol. The fourth-order valence-corrected chi connectivity index (χ4v) is 3.53. The second-order valence-corrected chi connectivity index (χ2v) is 8.15. The molecule has 0 heterocycles. The molecular formula is C23H47N3O2. The van der Waals surface area contributed by atoms with Gasteiger partial charge in [-0.05, 0) is 25.8 Å². The Balaban J connectivity index is 3.38. The molecule has 0 aromatic rings. The fourth-order valence-electron chi connectivity index (χ4n) is 3.53. The Bertz CT molecular complexity index is 375. The summed E-state index contributed by atoms with van der Waals surface area (Å²) in [5, 5.41) is 2.73. The van der Waals surface area contributed by atoms with Crippen LogP contribution in [0.3, 0.4) is 0 Å². The van der Waals surface area contributed by atoms with Gasteiger partial charge in [0.25, 0.3) is 0 Å². The van der Waals surface area contributed by atoms with Gasteiger partial charge in [0.1, 0.15) is 6.04 Å². The highest BCUT2D eigenvalue weighted by molar-refractivity contribution is 5.86. The zero-order valence-electron chi connectivity index (χ0n) is 18.5. The summed E-state index contributed by atoms with van der Waals surface area (Å²) in [4.78, 5) is 23.2. The fraction of sp³-hybridized carbons (Fsp3) is 0.913. The minimum absolute atomic E-state index is 0.0736. The first kappa shape index (κ1) is 26.9. The molecule has 0 aromatic heterocycles. The van der Waals surface area contributed by atoms with Crippen molar-refractivity contribution in [3.05, 3.63) is 0 Å². The van der Waals surface area contributed by atoms with E-state index in [-0.39, 0.29) is 5.91 Å². The van der Waals surface area contributed by atoms with Gasteiger partial charge in [-0.1, -0.05) is 96.8 Å². The molecule has 0 aromatic carbocycles. The lowest BCUT2D eigenvalue weighted by Gasteiger charge is -2.14. The number of carbonyl (C=O) groups excluding carboxylic acids is 2. The van der Waals surface area contributed by atoms with Gasteiger partial charge >= 0.3 is 0 Å². The van der Waals surface area contributed by atoms with Crippen LogP contribution in [0.15, 0.2) is 0 Å². The van der Waals surface area contributed by atoms with Gasteiger partial charge < -0.3 is 16.8 Å². The van der Waals surface area contributed by atoms with Crippen LogP contribution in [-0.2, 0) is 9.59 Å². The summed E-state index contributed by atoms with van der Waals surface area (Å²) >= 11 is 0. The van der Waals surface area contributed by atoms with Crippen LogP contribution in [0.25, 0.3) is 0 Å². The van der Waals surface area contributed by atoms with E-state index in [1.165, 1.54) is 83.5 Å². The van der Waals surface area contributed by atoms with Gasteiger partial charge in [0, 0.05) is 6.42 Å². The van der Waals surface area contributed by atoms with Crippen molar-refractivity contribution >= 4 is 11.8 Å². The van der Waals surface area contributed by atoms with Gasteiger partial charge in [-0.25, -0.2) is 0 Å². The summed E-state index contributed by atoms with van der Waals surface area (Å²) in [5.41, 5.74) is 10.8. The lowest BCUT2D eigenvalue weighted by molar-refractivity contribution is -0.127. The Morgan fingerprint density at radius 2 is 1.14 bits per heavy atom. The Labute approximate surface area is 173 Å². The van der Waals surface area contributed by atoms with Crippen LogP contribution in [0, 0.1) is 0 Å². The number of primary amides is 1. The molecule has 0 aliphatic heterocycles. The van der Waals surface area contributed by atoms with E-state index in [2.05, 4.69) is 12.2 Å². The number of unbranched alkanes of at least 4 members (excludes halogenated alkanes) is 14. The lowest BCUT2D eigenvalue weighted by Crippen LogP contribution is -2.44. The second-order valence-electron chi connectivity index (χ2n) is 8.15. The van der Waals surface area contributed by atoms with Gasteiger partial charge in [0.2, 0.25) is 11.8 Å². The van der Waals surface area contributed by atoms with Crippen molar-refractivity contribution in [2.24, 2.45) is 11.5 Å². The van der Waals surface area contributed by atoms with Crippen LogP contribution in [0.4, 0.5) is 0 Å². The van der Waals surface area contributed by atoms with Crippen molar-refractivity contribution < 1.29 is 9.59 Å². The van der Waals surface area contributed by atoms with E-state index in [0.29, 0.717) is 25.8 Å². The molecule has 5 N–H and O–H groups in total. The molecule has 5 heteroatoms. The lowest BCUT2D eigenvalue weighted by atomic mass is 10.0. The predicted molar refractivity (Wildman–Crippen MR) is 119 cm³/mol. The van der Waals surface area contributed by atoms with Crippen molar-refractivity contribution in [2.45, 2.75) is 129 Å². The molecule has 28 heavy (non-hydrogen) atoms. The average Bonchev–Trinajstić information content (AvgIpc) is 2.67. The van der Waals surface area contributed by atoms with E-state index in [0.717, 1.165) is 12.8 Å². The Morgan fingerprint density at radius 1 is 0.714 bits per heavy atom. The topological polar surface area (TPSA) is 98.2 Å². The molecule has 0 aliphatic rings. The molecule has 166 valence electrons. The monoisotopic (exact) mass is 397 g/mol.